The normalized spacial score (nSPS) is 21.2. The van der Waals surface area contributed by atoms with Gasteiger partial charge in [-0.1, -0.05) is 0 Å². The highest BCUT2D eigenvalue weighted by Crippen LogP contribution is 2.27. The first kappa shape index (κ1) is 15.2. The molecule has 18 heavy (non-hydrogen) atoms. The van der Waals surface area contributed by atoms with Gasteiger partial charge in [-0.25, -0.2) is 0 Å². The number of hydrogen-bond acceptors (Lipinski definition) is 3. The smallest absolute Gasteiger partial charge is 0.387 e. The summed E-state index contributed by atoms with van der Waals surface area (Å²) in [5.41, 5.74) is 5.04. The molecule has 0 radical (unpaired) electrons. The summed E-state index contributed by atoms with van der Waals surface area (Å²) in [5, 5.41) is 7.05. The highest BCUT2D eigenvalue weighted by atomic mass is 19.4. The van der Waals surface area contributed by atoms with Gasteiger partial charge in [0.1, 0.15) is 11.8 Å². The van der Waals surface area contributed by atoms with Crippen molar-refractivity contribution < 1.29 is 13.2 Å². The Balaban J connectivity index is 2.51. The van der Waals surface area contributed by atoms with Gasteiger partial charge in [0.25, 0.3) is 0 Å². The third kappa shape index (κ3) is 4.13. The first-order chi connectivity index (χ1) is 8.21. The minimum absolute atomic E-state index is 0.204. The molecule has 0 aliphatic carbocycles. The zero-order valence-electron chi connectivity index (χ0n) is 10.8. The van der Waals surface area contributed by atoms with Gasteiger partial charge in [0.15, 0.2) is 0 Å². The van der Waals surface area contributed by atoms with Crippen molar-refractivity contribution in [2.24, 2.45) is 11.7 Å². The molecule has 0 saturated carbocycles. The Morgan fingerprint density at radius 3 is 2.06 bits per heavy atom. The van der Waals surface area contributed by atoms with Crippen LogP contribution in [0, 0.1) is 11.3 Å². The van der Waals surface area contributed by atoms with Gasteiger partial charge in [-0.3, -0.25) is 15.2 Å². The van der Waals surface area contributed by atoms with Crippen molar-refractivity contribution in [3.8, 4) is 0 Å². The van der Waals surface area contributed by atoms with Crippen molar-refractivity contribution in [3.63, 3.8) is 0 Å². The molecule has 1 aliphatic heterocycles. The van der Waals surface area contributed by atoms with Gasteiger partial charge in [-0.05, 0) is 13.8 Å². The van der Waals surface area contributed by atoms with E-state index in [4.69, 9.17) is 11.1 Å². The Morgan fingerprint density at radius 2 is 1.72 bits per heavy atom. The van der Waals surface area contributed by atoms with Crippen molar-refractivity contribution in [2.45, 2.75) is 26.1 Å². The minimum atomic E-state index is -4.43. The van der Waals surface area contributed by atoms with Crippen LogP contribution < -0.4 is 5.73 Å². The molecule has 0 aromatic heterocycles. The van der Waals surface area contributed by atoms with Gasteiger partial charge in [0.05, 0.1) is 0 Å². The van der Waals surface area contributed by atoms with Crippen LogP contribution in [0.4, 0.5) is 13.2 Å². The van der Waals surface area contributed by atoms with E-state index in [2.05, 4.69) is 18.7 Å². The van der Waals surface area contributed by atoms with E-state index in [0.29, 0.717) is 19.1 Å². The first-order valence-electron chi connectivity index (χ1n) is 6.09. The number of nitrogens with two attached hydrogens (primary N) is 1. The van der Waals surface area contributed by atoms with Crippen LogP contribution in [0.25, 0.3) is 0 Å². The van der Waals surface area contributed by atoms with Crippen LogP contribution in [-0.4, -0.2) is 60.6 Å². The highest BCUT2D eigenvalue weighted by Gasteiger charge is 2.43. The molecule has 1 unspecified atom stereocenters. The molecule has 1 saturated heterocycles. The maximum atomic E-state index is 12.7. The van der Waals surface area contributed by atoms with Crippen molar-refractivity contribution in [1.82, 2.24) is 9.80 Å². The molecule has 1 aliphatic rings. The molecule has 1 fully saturated rings. The first-order valence-corrected chi connectivity index (χ1v) is 6.09. The third-order valence-corrected chi connectivity index (χ3v) is 3.35. The Hall–Kier alpha value is -0.820. The van der Waals surface area contributed by atoms with Gasteiger partial charge in [0.2, 0.25) is 0 Å². The van der Waals surface area contributed by atoms with Gasteiger partial charge >= 0.3 is 6.18 Å². The molecule has 0 amide bonds. The fourth-order valence-electron chi connectivity index (χ4n) is 2.10. The number of amidine groups is 1. The topological polar surface area (TPSA) is 56.4 Å². The Labute approximate surface area is 105 Å². The van der Waals surface area contributed by atoms with Crippen LogP contribution in [-0.2, 0) is 0 Å². The number of piperazine rings is 1. The maximum absolute atomic E-state index is 12.7. The molecule has 1 heterocycles. The lowest BCUT2D eigenvalue weighted by Crippen LogP contribution is -2.52. The van der Waals surface area contributed by atoms with E-state index in [1.165, 1.54) is 0 Å². The summed E-state index contributed by atoms with van der Waals surface area (Å²) >= 11 is 0. The average Bonchev–Trinajstić information content (AvgIpc) is 2.24. The fraction of sp³-hybridized carbons (Fsp3) is 0.909. The molecule has 3 N–H and O–H groups in total. The largest absolute Gasteiger partial charge is 0.399 e. The lowest BCUT2D eigenvalue weighted by Gasteiger charge is -2.38. The molecule has 106 valence electrons. The second-order valence-electron chi connectivity index (χ2n) is 4.98. The quantitative estimate of drug-likeness (QED) is 0.592. The number of alkyl halides is 3. The third-order valence-electron chi connectivity index (χ3n) is 3.35. The van der Waals surface area contributed by atoms with Gasteiger partial charge in [-0.15, -0.1) is 0 Å². The minimum Gasteiger partial charge on any atom is -0.387 e. The molecule has 4 nitrogen and oxygen atoms in total. The van der Waals surface area contributed by atoms with Crippen LogP contribution in [0.3, 0.4) is 0 Å². The molecule has 0 spiro atoms. The molecule has 1 rings (SSSR count). The molecule has 0 bridgehead atoms. The predicted octanol–water partition coefficient (Wildman–Crippen LogP) is 1.13. The monoisotopic (exact) mass is 266 g/mol. The molecule has 7 heteroatoms. The lowest BCUT2D eigenvalue weighted by atomic mass is 10.1. The summed E-state index contributed by atoms with van der Waals surface area (Å²) in [6.07, 6.45) is -4.43. The van der Waals surface area contributed by atoms with Crippen LogP contribution >= 0.6 is 0 Å². The molecule has 1 atom stereocenters. The van der Waals surface area contributed by atoms with Crippen LogP contribution in [0.1, 0.15) is 13.8 Å². The summed E-state index contributed by atoms with van der Waals surface area (Å²) in [6, 6.07) is 0.415. The van der Waals surface area contributed by atoms with E-state index in [1.807, 2.05) is 0 Å². The van der Waals surface area contributed by atoms with E-state index in [9.17, 15) is 13.2 Å². The van der Waals surface area contributed by atoms with Gasteiger partial charge in [0, 0.05) is 38.8 Å². The van der Waals surface area contributed by atoms with E-state index in [0.717, 1.165) is 13.1 Å². The summed E-state index contributed by atoms with van der Waals surface area (Å²) < 4.78 is 38.0. The standard InChI is InChI=1S/C11H21F3N4/c1-8(2)18-5-3-17(4-6-18)7-9(10(15)16)11(12,13)14/h8-9H,3-7H2,1-2H3,(H3,15,16). The van der Waals surface area contributed by atoms with Crippen molar-refractivity contribution in [2.75, 3.05) is 32.7 Å². The predicted molar refractivity (Wildman–Crippen MR) is 64.6 cm³/mol. The van der Waals surface area contributed by atoms with Crippen molar-refractivity contribution in [1.29, 1.82) is 5.41 Å². The lowest BCUT2D eigenvalue weighted by molar-refractivity contribution is -0.161. The van der Waals surface area contributed by atoms with E-state index in [1.54, 1.807) is 4.90 Å². The molecular weight excluding hydrogens is 245 g/mol. The van der Waals surface area contributed by atoms with E-state index >= 15 is 0 Å². The van der Waals surface area contributed by atoms with Gasteiger partial charge in [-0.2, -0.15) is 13.2 Å². The van der Waals surface area contributed by atoms with Crippen LogP contribution in [0.2, 0.25) is 0 Å². The average molecular weight is 266 g/mol. The number of rotatable bonds is 4. The van der Waals surface area contributed by atoms with Crippen molar-refractivity contribution in [3.05, 3.63) is 0 Å². The molecule has 0 aromatic rings. The number of halogens is 3. The maximum Gasteiger partial charge on any atom is 0.399 e. The van der Waals surface area contributed by atoms with Crippen LogP contribution in [0.15, 0.2) is 0 Å². The Bertz CT molecular complexity index is 283. The highest BCUT2D eigenvalue weighted by molar-refractivity contribution is 5.80. The molecule has 0 aromatic carbocycles. The SMILES string of the molecule is CC(C)N1CCN(CC(C(=N)N)C(F)(F)F)CC1. The summed E-state index contributed by atoms with van der Waals surface area (Å²) in [4.78, 5) is 3.96. The summed E-state index contributed by atoms with van der Waals surface area (Å²) in [7, 11) is 0. The van der Waals surface area contributed by atoms with E-state index < -0.39 is 17.9 Å². The number of nitrogens with zero attached hydrogens (tertiary/aromatic N) is 2. The Kier molecular flexibility index (Phi) is 4.98. The van der Waals surface area contributed by atoms with E-state index in [-0.39, 0.29) is 6.54 Å². The van der Waals surface area contributed by atoms with Crippen molar-refractivity contribution >= 4 is 5.84 Å². The Morgan fingerprint density at radius 1 is 1.22 bits per heavy atom. The zero-order valence-corrected chi connectivity index (χ0v) is 10.8. The van der Waals surface area contributed by atoms with Crippen LogP contribution in [0.5, 0.6) is 0 Å². The fourth-order valence-corrected chi connectivity index (χ4v) is 2.10. The summed E-state index contributed by atoms with van der Waals surface area (Å²) in [6.45, 7) is 6.66. The number of hydrogen-bond donors (Lipinski definition) is 2. The molecular formula is C11H21F3N4. The second-order valence-corrected chi connectivity index (χ2v) is 4.98. The van der Waals surface area contributed by atoms with Gasteiger partial charge < -0.3 is 5.73 Å². The second kappa shape index (κ2) is 5.88. The zero-order chi connectivity index (χ0) is 13.9. The summed E-state index contributed by atoms with van der Waals surface area (Å²) in [5.74, 6) is -2.64. The number of nitrogens with one attached hydrogen (secondary N) is 1.